The smallest absolute Gasteiger partial charge is 0.0503 e. The Morgan fingerprint density at radius 2 is 1.94 bits per heavy atom. The van der Waals surface area contributed by atoms with Gasteiger partial charge in [-0.2, -0.15) is 0 Å². The lowest BCUT2D eigenvalue weighted by atomic mass is 9.83. The van der Waals surface area contributed by atoms with E-state index in [2.05, 4.69) is 26.1 Å². The maximum absolute atomic E-state index is 12.3. The van der Waals surface area contributed by atoms with E-state index < -0.39 is 10.8 Å². The first-order valence-corrected chi connectivity index (χ1v) is 8.71. The fourth-order valence-electron chi connectivity index (χ4n) is 3.02. The van der Waals surface area contributed by atoms with Crippen molar-refractivity contribution in [1.29, 1.82) is 0 Å². The molecule has 1 aliphatic rings. The number of hydrogen-bond acceptors (Lipinski definition) is 2. The third-order valence-corrected chi connectivity index (χ3v) is 5.81. The Bertz CT molecular complexity index is 232. The summed E-state index contributed by atoms with van der Waals surface area (Å²) in [5.41, 5.74) is 0. The van der Waals surface area contributed by atoms with Crippen LogP contribution in [0.15, 0.2) is 0 Å². The Kier molecular flexibility index (Phi) is 7.36. The molecule has 0 heterocycles. The van der Waals surface area contributed by atoms with E-state index in [1.54, 1.807) is 0 Å². The SMILES string of the molecule is CCCC1CCC(NCC)C(S(=O)CCC)C1. The van der Waals surface area contributed by atoms with Crippen molar-refractivity contribution in [3.8, 4) is 0 Å². The first kappa shape index (κ1) is 15.2. The predicted molar refractivity (Wildman–Crippen MR) is 76.8 cm³/mol. The van der Waals surface area contributed by atoms with E-state index in [9.17, 15) is 4.21 Å². The van der Waals surface area contributed by atoms with E-state index in [1.807, 2.05) is 0 Å². The zero-order chi connectivity index (χ0) is 12.7. The molecule has 0 radical (unpaired) electrons. The molecule has 1 saturated carbocycles. The molecule has 17 heavy (non-hydrogen) atoms. The minimum atomic E-state index is -0.625. The Morgan fingerprint density at radius 3 is 2.53 bits per heavy atom. The van der Waals surface area contributed by atoms with Crippen LogP contribution in [-0.4, -0.2) is 27.8 Å². The van der Waals surface area contributed by atoms with Crippen LogP contribution < -0.4 is 5.32 Å². The summed E-state index contributed by atoms with van der Waals surface area (Å²) < 4.78 is 12.3. The van der Waals surface area contributed by atoms with Crippen molar-refractivity contribution in [3.05, 3.63) is 0 Å². The molecule has 0 aliphatic heterocycles. The average molecular weight is 259 g/mol. The van der Waals surface area contributed by atoms with Crippen LogP contribution in [0.4, 0.5) is 0 Å². The summed E-state index contributed by atoms with van der Waals surface area (Å²) >= 11 is 0. The van der Waals surface area contributed by atoms with Gasteiger partial charge >= 0.3 is 0 Å². The van der Waals surface area contributed by atoms with Gasteiger partial charge in [0.2, 0.25) is 0 Å². The fraction of sp³-hybridized carbons (Fsp3) is 1.00. The van der Waals surface area contributed by atoms with Crippen LogP contribution in [0.2, 0.25) is 0 Å². The number of nitrogens with one attached hydrogen (secondary N) is 1. The molecule has 3 heteroatoms. The van der Waals surface area contributed by atoms with Gasteiger partial charge < -0.3 is 5.32 Å². The molecule has 0 bridgehead atoms. The van der Waals surface area contributed by atoms with Crippen LogP contribution in [0.1, 0.15) is 59.3 Å². The van der Waals surface area contributed by atoms with Gasteiger partial charge in [-0.05, 0) is 38.1 Å². The summed E-state index contributed by atoms with van der Waals surface area (Å²) in [6, 6.07) is 0.500. The van der Waals surface area contributed by atoms with Crippen molar-refractivity contribution in [1.82, 2.24) is 5.32 Å². The van der Waals surface area contributed by atoms with E-state index >= 15 is 0 Å². The summed E-state index contributed by atoms with van der Waals surface area (Å²) in [6.07, 6.45) is 7.35. The molecule has 4 unspecified atom stereocenters. The van der Waals surface area contributed by atoms with Crippen LogP contribution in [0.3, 0.4) is 0 Å². The molecule has 102 valence electrons. The van der Waals surface area contributed by atoms with Crippen molar-refractivity contribution < 1.29 is 4.21 Å². The average Bonchev–Trinajstić information content (AvgIpc) is 2.32. The van der Waals surface area contributed by atoms with Crippen LogP contribution in [0, 0.1) is 5.92 Å². The predicted octanol–water partition coefficient (Wildman–Crippen LogP) is 3.09. The minimum absolute atomic E-state index is 0.403. The van der Waals surface area contributed by atoms with Crippen molar-refractivity contribution in [3.63, 3.8) is 0 Å². The van der Waals surface area contributed by atoms with Gasteiger partial charge in [0, 0.05) is 22.6 Å². The molecule has 2 nitrogen and oxygen atoms in total. The highest BCUT2D eigenvalue weighted by Gasteiger charge is 2.32. The van der Waals surface area contributed by atoms with Crippen LogP contribution in [0.5, 0.6) is 0 Å². The van der Waals surface area contributed by atoms with E-state index in [4.69, 9.17) is 0 Å². The van der Waals surface area contributed by atoms with Gasteiger partial charge in [-0.25, -0.2) is 0 Å². The summed E-state index contributed by atoms with van der Waals surface area (Å²) in [7, 11) is -0.625. The highest BCUT2D eigenvalue weighted by atomic mass is 32.2. The van der Waals surface area contributed by atoms with Gasteiger partial charge in [0.1, 0.15) is 0 Å². The van der Waals surface area contributed by atoms with Crippen molar-refractivity contribution in [2.75, 3.05) is 12.3 Å². The molecular formula is C14H29NOS. The lowest BCUT2D eigenvalue weighted by Gasteiger charge is -2.36. The zero-order valence-corrected chi connectivity index (χ0v) is 12.5. The Labute approximate surface area is 109 Å². The Morgan fingerprint density at radius 1 is 1.18 bits per heavy atom. The minimum Gasteiger partial charge on any atom is -0.313 e. The molecule has 0 aromatic rings. The maximum Gasteiger partial charge on any atom is 0.0503 e. The van der Waals surface area contributed by atoms with Gasteiger partial charge in [0.15, 0.2) is 0 Å². The van der Waals surface area contributed by atoms with E-state index in [0.29, 0.717) is 11.3 Å². The lowest BCUT2D eigenvalue weighted by Crippen LogP contribution is -2.46. The molecule has 0 aromatic heterocycles. The molecule has 4 atom stereocenters. The first-order chi connectivity index (χ1) is 8.22. The van der Waals surface area contributed by atoms with E-state index in [1.165, 1.54) is 32.1 Å². The number of rotatable bonds is 7. The summed E-state index contributed by atoms with van der Waals surface area (Å²) in [5.74, 6) is 1.70. The third kappa shape index (κ3) is 4.70. The fourth-order valence-corrected chi connectivity index (χ4v) is 4.81. The molecule has 1 aliphatic carbocycles. The summed E-state index contributed by atoms with van der Waals surface area (Å²) in [5, 5.41) is 3.95. The first-order valence-electron chi connectivity index (χ1n) is 7.33. The quantitative estimate of drug-likeness (QED) is 0.761. The van der Waals surface area contributed by atoms with Crippen LogP contribution in [0.25, 0.3) is 0 Å². The van der Waals surface area contributed by atoms with Gasteiger partial charge in [0.05, 0.1) is 5.25 Å². The zero-order valence-electron chi connectivity index (χ0n) is 11.7. The monoisotopic (exact) mass is 259 g/mol. The second-order valence-corrected chi connectivity index (χ2v) is 7.03. The molecule has 1 N–H and O–H groups in total. The molecule has 1 fully saturated rings. The Balaban J connectivity index is 2.58. The molecule has 0 aromatic carbocycles. The molecular weight excluding hydrogens is 230 g/mol. The maximum atomic E-state index is 12.3. The van der Waals surface area contributed by atoms with Crippen molar-refractivity contribution in [2.24, 2.45) is 5.92 Å². The highest BCUT2D eigenvalue weighted by molar-refractivity contribution is 7.85. The second kappa shape index (κ2) is 8.25. The van der Waals surface area contributed by atoms with Gasteiger partial charge in [-0.1, -0.05) is 33.6 Å². The molecule has 0 spiro atoms. The van der Waals surface area contributed by atoms with Crippen molar-refractivity contribution >= 4 is 10.8 Å². The summed E-state index contributed by atoms with van der Waals surface area (Å²) in [6.45, 7) is 7.54. The highest BCUT2D eigenvalue weighted by Crippen LogP contribution is 2.31. The molecule has 0 amide bonds. The Hall–Kier alpha value is 0.110. The topological polar surface area (TPSA) is 29.1 Å². The van der Waals surface area contributed by atoms with E-state index in [-0.39, 0.29) is 0 Å². The molecule has 0 saturated heterocycles. The molecule has 1 rings (SSSR count). The second-order valence-electron chi connectivity index (χ2n) is 5.26. The third-order valence-electron chi connectivity index (χ3n) is 3.81. The van der Waals surface area contributed by atoms with Crippen LogP contribution in [-0.2, 0) is 10.8 Å². The van der Waals surface area contributed by atoms with Gasteiger partial charge in [-0.3, -0.25) is 4.21 Å². The van der Waals surface area contributed by atoms with Gasteiger partial charge in [0.25, 0.3) is 0 Å². The van der Waals surface area contributed by atoms with Gasteiger partial charge in [-0.15, -0.1) is 0 Å². The summed E-state index contributed by atoms with van der Waals surface area (Å²) in [4.78, 5) is 0. The standard InChI is InChI=1S/C14H29NOS/c1-4-7-12-8-9-13(15-6-3)14(11-12)17(16)10-5-2/h12-15H,4-11H2,1-3H3. The lowest BCUT2D eigenvalue weighted by molar-refractivity contribution is 0.286. The normalized spacial score (nSPS) is 31.4. The van der Waals surface area contributed by atoms with E-state index in [0.717, 1.165) is 24.6 Å². The number of hydrogen-bond donors (Lipinski definition) is 1. The largest absolute Gasteiger partial charge is 0.313 e. The van der Waals surface area contributed by atoms with Crippen molar-refractivity contribution in [2.45, 2.75) is 70.6 Å². The van der Waals surface area contributed by atoms with Crippen LogP contribution >= 0.6 is 0 Å².